The summed E-state index contributed by atoms with van der Waals surface area (Å²) >= 11 is 0. The Kier molecular flexibility index (Phi) is 5.86. The third-order valence-corrected chi connectivity index (χ3v) is 4.62. The van der Waals surface area contributed by atoms with Crippen molar-refractivity contribution < 1.29 is 14.3 Å². The van der Waals surface area contributed by atoms with Gasteiger partial charge in [0, 0.05) is 18.5 Å². The number of hydrogen-bond donors (Lipinski definition) is 0. The molecule has 2 fully saturated rings. The van der Waals surface area contributed by atoms with Crippen molar-refractivity contribution >= 4 is 11.9 Å². The second kappa shape index (κ2) is 7.65. The van der Waals surface area contributed by atoms with E-state index < -0.39 is 0 Å². The van der Waals surface area contributed by atoms with Crippen molar-refractivity contribution in [3.8, 4) is 0 Å². The van der Waals surface area contributed by atoms with Crippen molar-refractivity contribution in [1.82, 2.24) is 4.90 Å². The Morgan fingerprint density at radius 1 is 1.05 bits per heavy atom. The summed E-state index contributed by atoms with van der Waals surface area (Å²) in [5, 5.41) is 0. The van der Waals surface area contributed by atoms with Gasteiger partial charge in [-0.25, -0.2) is 0 Å². The first-order valence-corrected chi connectivity index (χ1v) is 8.18. The lowest BCUT2D eigenvalue weighted by molar-refractivity contribution is -0.146. The zero-order valence-electron chi connectivity index (χ0n) is 12.6. The molecule has 0 spiro atoms. The van der Waals surface area contributed by atoms with E-state index in [-0.39, 0.29) is 17.8 Å². The quantitative estimate of drug-likeness (QED) is 0.703. The molecule has 0 aromatic rings. The van der Waals surface area contributed by atoms with Gasteiger partial charge in [-0.1, -0.05) is 25.7 Å². The van der Waals surface area contributed by atoms with Crippen LogP contribution in [-0.2, 0) is 14.3 Å². The van der Waals surface area contributed by atoms with Gasteiger partial charge in [-0.3, -0.25) is 9.59 Å². The molecule has 0 bridgehead atoms. The van der Waals surface area contributed by atoms with Crippen molar-refractivity contribution in [2.24, 2.45) is 5.92 Å². The summed E-state index contributed by atoms with van der Waals surface area (Å²) in [7, 11) is 0. The standard InChI is InChI=1S/C16H27NO3/c1-2-20-15(18)11-12-17(14-9-4-3-5-10-14)16(19)13-7-6-8-13/h13-14H,2-12H2,1H3. The number of nitrogens with zero attached hydrogens (tertiary/aromatic N) is 1. The number of amides is 1. The molecule has 0 saturated heterocycles. The molecule has 1 amide bonds. The molecule has 114 valence electrons. The molecule has 2 aliphatic rings. The molecule has 2 rings (SSSR count). The highest BCUT2D eigenvalue weighted by Gasteiger charge is 2.33. The third-order valence-electron chi connectivity index (χ3n) is 4.62. The van der Waals surface area contributed by atoms with E-state index in [1.54, 1.807) is 0 Å². The van der Waals surface area contributed by atoms with Crippen LogP contribution in [0, 0.1) is 5.92 Å². The average Bonchev–Trinajstić information content (AvgIpc) is 2.38. The Bertz CT molecular complexity index is 333. The molecule has 0 aliphatic heterocycles. The zero-order chi connectivity index (χ0) is 14.4. The van der Waals surface area contributed by atoms with Crippen molar-refractivity contribution in [2.45, 2.75) is 70.8 Å². The van der Waals surface area contributed by atoms with E-state index in [1.165, 1.54) is 25.7 Å². The SMILES string of the molecule is CCOC(=O)CCN(C(=O)C1CCC1)C1CCCCC1. The fraction of sp³-hybridized carbons (Fsp3) is 0.875. The van der Waals surface area contributed by atoms with Gasteiger partial charge in [0.15, 0.2) is 0 Å². The van der Waals surface area contributed by atoms with Crippen molar-refractivity contribution in [2.75, 3.05) is 13.2 Å². The third kappa shape index (κ3) is 3.97. The lowest BCUT2D eigenvalue weighted by Crippen LogP contribution is -2.47. The van der Waals surface area contributed by atoms with Crippen molar-refractivity contribution in [1.29, 1.82) is 0 Å². The molecule has 2 aliphatic carbocycles. The Labute approximate surface area is 121 Å². The number of esters is 1. The van der Waals surface area contributed by atoms with Crippen LogP contribution in [0.25, 0.3) is 0 Å². The van der Waals surface area contributed by atoms with Crippen LogP contribution in [0.5, 0.6) is 0 Å². The van der Waals surface area contributed by atoms with Crippen LogP contribution in [-0.4, -0.2) is 36.0 Å². The smallest absolute Gasteiger partial charge is 0.307 e. The monoisotopic (exact) mass is 281 g/mol. The van der Waals surface area contributed by atoms with Gasteiger partial charge in [-0.2, -0.15) is 0 Å². The highest BCUT2D eigenvalue weighted by molar-refractivity contribution is 5.80. The van der Waals surface area contributed by atoms with E-state index in [0.717, 1.165) is 25.7 Å². The highest BCUT2D eigenvalue weighted by Crippen LogP contribution is 2.31. The van der Waals surface area contributed by atoms with Crippen LogP contribution in [0.1, 0.15) is 64.7 Å². The van der Waals surface area contributed by atoms with Gasteiger partial charge in [-0.15, -0.1) is 0 Å². The van der Waals surface area contributed by atoms with E-state index >= 15 is 0 Å². The van der Waals surface area contributed by atoms with Crippen molar-refractivity contribution in [3.05, 3.63) is 0 Å². The van der Waals surface area contributed by atoms with Gasteiger partial charge in [-0.05, 0) is 32.6 Å². The van der Waals surface area contributed by atoms with E-state index in [9.17, 15) is 9.59 Å². The summed E-state index contributed by atoms with van der Waals surface area (Å²) in [4.78, 5) is 26.1. The number of hydrogen-bond acceptors (Lipinski definition) is 3. The molecule has 0 aromatic carbocycles. The van der Waals surface area contributed by atoms with Gasteiger partial charge in [0.2, 0.25) is 5.91 Å². The summed E-state index contributed by atoms with van der Waals surface area (Å²) in [6.07, 6.45) is 9.46. The minimum Gasteiger partial charge on any atom is -0.466 e. The van der Waals surface area contributed by atoms with Gasteiger partial charge >= 0.3 is 5.97 Å². The highest BCUT2D eigenvalue weighted by atomic mass is 16.5. The predicted octanol–water partition coefficient (Wildman–Crippen LogP) is 2.90. The van der Waals surface area contributed by atoms with Crippen LogP contribution in [0.15, 0.2) is 0 Å². The molecule has 0 N–H and O–H groups in total. The molecular formula is C16H27NO3. The lowest BCUT2D eigenvalue weighted by Gasteiger charge is -2.38. The van der Waals surface area contributed by atoms with E-state index in [4.69, 9.17) is 4.74 Å². The van der Waals surface area contributed by atoms with Gasteiger partial charge in [0.05, 0.1) is 13.0 Å². The summed E-state index contributed by atoms with van der Waals surface area (Å²) in [6.45, 7) is 2.77. The molecule has 0 heterocycles. The van der Waals surface area contributed by atoms with E-state index in [0.29, 0.717) is 25.6 Å². The molecule has 0 radical (unpaired) electrons. The topological polar surface area (TPSA) is 46.6 Å². The first-order chi connectivity index (χ1) is 9.72. The normalized spacial score (nSPS) is 20.2. The second-order valence-electron chi connectivity index (χ2n) is 6.01. The summed E-state index contributed by atoms with van der Waals surface area (Å²) in [5.74, 6) is 0.321. The second-order valence-corrected chi connectivity index (χ2v) is 6.01. The van der Waals surface area contributed by atoms with Crippen LogP contribution in [0.4, 0.5) is 0 Å². The minimum absolute atomic E-state index is 0.185. The molecule has 4 nitrogen and oxygen atoms in total. The van der Waals surface area contributed by atoms with Gasteiger partial charge in [0.25, 0.3) is 0 Å². The fourth-order valence-corrected chi connectivity index (χ4v) is 3.20. The minimum atomic E-state index is -0.185. The molecule has 0 atom stereocenters. The molecular weight excluding hydrogens is 254 g/mol. The van der Waals surface area contributed by atoms with Gasteiger partial charge in [0.1, 0.15) is 0 Å². The maximum Gasteiger partial charge on any atom is 0.307 e. The van der Waals surface area contributed by atoms with Crippen LogP contribution in [0.3, 0.4) is 0 Å². The average molecular weight is 281 g/mol. The summed E-state index contributed by atoms with van der Waals surface area (Å²) in [5.41, 5.74) is 0. The van der Waals surface area contributed by atoms with E-state index in [2.05, 4.69) is 0 Å². The van der Waals surface area contributed by atoms with Crippen molar-refractivity contribution in [3.63, 3.8) is 0 Å². The molecule has 2 saturated carbocycles. The zero-order valence-corrected chi connectivity index (χ0v) is 12.6. The first-order valence-electron chi connectivity index (χ1n) is 8.18. The molecule has 0 aromatic heterocycles. The number of carbonyl (C=O) groups excluding carboxylic acids is 2. The van der Waals surface area contributed by atoms with Crippen LogP contribution >= 0.6 is 0 Å². The predicted molar refractivity (Wildman–Crippen MR) is 77.2 cm³/mol. The Hall–Kier alpha value is -1.06. The Balaban J connectivity index is 1.91. The summed E-state index contributed by atoms with van der Waals surface area (Å²) in [6, 6.07) is 0.353. The van der Waals surface area contributed by atoms with Gasteiger partial charge < -0.3 is 9.64 Å². The first kappa shape index (κ1) is 15.3. The molecule has 4 heteroatoms. The Morgan fingerprint density at radius 3 is 2.30 bits per heavy atom. The number of rotatable bonds is 6. The Morgan fingerprint density at radius 2 is 1.75 bits per heavy atom. The maximum absolute atomic E-state index is 12.6. The summed E-state index contributed by atoms with van der Waals surface area (Å²) < 4.78 is 4.98. The molecule has 20 heavy (non-hydrogen) atoms. The number of carbonyl (C=O) groups is 2. The maximum atomic E-state index is 12.6. The largest absolute Gasteiger partial charge is 0.466 e. The van der Waals surface area contributed by atoms with Crippen LogP contribution in [0.2, 0.25) is 0 Å². The fourth-order valence-electron chi connectivity index (χ4n) is 3.20. The number of ether oxygens (including phenoxy) is 1. The van der Waals surface area contributed by atoms with E-state index in [1.807, 2.05) is 11.8 Å². The van der Waals surface area contributed by atoms with Crippen LogP contribution < -0.4 is 0 Å². The molecule has 0 unspecified atom stereocenters. The lowest BCUT2D eigenvalue weighted by atomic mass is 9.83.